The van der Waals surface area contributed by atoms with E-state index in [9.17, 15) is 9.18 Å². The first-order valence-electron chi connectivity index (χ1n) is 6.56. The van der Waals surface area contributed by atoms with E-state index < -0.39 is 12.0 Å². The summed E-state index contributed by atoms with van der Waals surface area (Å²) in [6.45, 7) is 3.79. The minimum Gasteiger partial charge on any atom is -0.466 e. The summed E-state index contributed by atoms with van der Waals surface area (Å²) in [5.41, 5.74) is 1.70. The molecule has 0 heterocycles. The van der Waals surface area contributed by atoms with Crippen molar-refractivity contribution in [1.82, 2.24) is 0 Å². The van der Waals surface area contributed by atoms with Gasteiger partial charge in [-0.25, -0.2) is 9.18 Å². The number of halogens is 2. The summed E-state index contributed by atoms with van der Waals surface area (Å²) in [5.74, 6) is -0.852. The van der Waals surface area contributed by atoms with Crippen molar-refractivity contribution in [2.45, 2.75) is 6.04 Å². The molecule has 2 rings (SSSR count). The number of carbonyl (C=O) groups is 1. The average molecular weight is 320 g/mol. The maximum absolute atomic E-state index is 13.0. The summed E-state index contributed by atoms with van der Waals surface area (Å²) in [7, 11) is 1.30. The van der Waals surface area contributed by atoms with Gasteiger partial charge in [0.25, 0.3) is 0 Å². The van der Waals surface area contributed by atoms with Crippen LogP contribution in [-0.4, -0.2) is 13.1 Å². The Morgan fingerprint density at radius 2 is 1.77 bits per heavy atom. The number of rotatable bonds is 5. The summed E-state index contributed by atoms with van der Waals surface area (Å²) in [6.07, 6.45) is 0. The molecule has 114 valence electrons. The van der Waals surface area contributed by atoms with Crippen molar-refractivity contribution < 1.29 is 13.9 Å². The molecule has 0 bridgehead atoms. The number of ether oxygens (including phenoxy) is 1. The third-order valence-corrected chi connectivity index (χ3v) is 3.41. The van der Waals surface area contributed by atoms with Gasteiger partial charge in [-0.15, -0.1) is 0 Å². The standard InChI is InChI=1S/C17H15ClFNO2/c1-11(17(21)22-2)16(12-3-5-13(18)6-4-12)20-15-9-7-14(19)8-10-15/h3-10,16,20H,1H2,2H3. The van der Waals surface area contributed by atoms with Gasteiger partial charge >= 0.3 is 5.97 Å². The van der Waals surface area contributed by atoms with Crippen LogP contribution in [0.4, 0.5) is 10.1 Å². The van der Waals surface area contributed by atoms with Crippen LogP contribution in [0.1, 0.15) is 11.6 Å². The van der Waals surface area contributed by atoms with Crippen molar-refractivity contribution in [1.29, 1.82) is 0 Å². The van der Waals surface area contributed by atoms with Crippen molar-refractivity contribution in [3.63, 3.8) is 0 Å². The summed E-state index contributed by atoms with van der Waals surface area (Å²) < 4.78 is 17.7. The summed E-state index contributed by atoms with van der Waals surface area (Å²) in [6, 6.07) is 12.4. The Kier molecular flexibility index (Phi) is 5.17. The van der Waals surface area contributed by atoms with Crippen molar-refractivity contribution in [3.05, 3.63) is 77.1 Å². The summed E-state index contributed by atoms with van der Waals surface area (Å²) in [4.78, 5) is 11.8. The Balaban J connectivity index is 2.32. The molecule has 0 radical (unpaired) electrons. The number of anilines is 1. The minimum absolute atomic E-state index is 0.245. The maximum atomic E-state index is 13.0. The lowest BCUT2D eigenvalue weighted by Crippen LogP contribution is -2.19. The number of carbonyl (C=O) groups excluding carboxylic acids is 1. The van der Waals surface area contributed by atoms with Crippen molar-refractivity contribution in [3.8, 4) is 0 Å². The largest absolute Gasteiger partial charge is 0.466 e. The Morgan fingerprint density at radius 3 is 2.32 bits per heavy atom. The Bertz CT molecular complexity index is 668. The van der Waals surface area contributed by atoms with Crippen LogP contribution in [0.25, 0.3) is 0 Å². The van der Waals surface area contributed by atoms with E-state index in [1.54, 1.807) is 36.4 Å². The van der Waals surface area contributed by atoms with Gasteiger partial charge < -0.3 is 10.1 Å². The molecule has 22 heavy (non-hydrogen) atoms. The van der Waals surface area contributed by atoms with E-state index in [2.05, 4.69) is 11.9 Å². The molecule has 0 amide bonds. The van der Waals surface area contributed by atoms with Crippen LogP contribution in [0.2, 0.25) is 5.02 Å². The summed E-state index contributed by atoms with van der Waals surface area (Å²) in [5, 5.41) is 3.74. The number of methoxy groups -OCH3 is 1. The van der Waals surface area contributed by atoms with E-state index in [0.717, 1.165) is 5.56 Å². The molecule has 2 aromatic carbocycles. The van der Waals surface area contributed by atoms with Crippen LogP contribution >= 0.6 is 11.6 Å². The number of benzene rings is 2. The quantitative estimate of drug-likeness (QED) is 0.657. The second-order valence-corrected chi connectivity index (χ2v) is 5.09. The molecule has 0 aliphatic heterocycles. The maximum Gasteiger partial charge on any atom is 0.335 e. The van der Waals surface area contributed by atoms with E-state index in [0.29, 0.717) is 10.7 Å². The molecule has 1 unspecified atom stereocenters. The topological polar surface area (TPSA) is 38.3 Å². The number of hydrogen-bond donors (Lipinski definition) is 1. The van der Waals surface area contributed by atoms with Gasteiger partial charge in [0, 0.05) is 10.7 Å². The zero-order chi connectivity index (χ0) is 16.1. The molecule has 0 aliphatic carbocycles. The molecule has 3 nitrogen and oxygen atoms in total. The van der Waals surface area contributed by atoms with Crippen LogP contribution in [0, 0.1) is 5.82 Å². The van der Waals surface area contributed by atoms with Gasteiger partial charge in [0.2, 0.25) is 0 Å². The number of nitrogens with one attached hydrogen (secondary N) is 1. The first-order valence-corrected chi connectivity index (χ1v) is 6.93. The highest BCUT2D eigenvalue weighted by molar-refractivity contribution is 6.30. The van der Waals surface area contributed by atoms with Crippen LogP contribution in [0.3, 0.4) is 0 Å². The van der Waals surface area contributed by atoms with Gasteiger partial charge in [0.05, 0.1) is 18.7 Å². The molecular formula is C17H15ClFNO2. The van der Waals surface area contributed by atoms with Crippen molar-refractivity contribution in [2.75, 3.05) is 12.4 Å². The molecule has 2 aromatic rings. The van der Waals surface area contributed by atoms with E-state index in [-0.39, 0.29) is 11.4 Å². The Morgan fingerprint density at radius 1 is 1.18 bits per heavy atom. The fourth-order valence-electron chi connectivity index (χ4n) is 1.99. The molecule has 0 aliphatic rings. The van der Waals surface area contributed by atoms with Crippen LogP contribution in [-0.2, 0) is 9.53 Å². The second-order valence-electron chi connectivity index (χ2n) is 4.65. The van der Waals surface area contributed by atoms with Gasteiger partial charge in [-0.1, -0.05) is 30.3 Å². The molecular weight excluding hydrogens is 305 g/mol. The molecule has 5 heteroatoms. The van der Waals surface area contributed by atoms with Crippen molar-refractivity contribution in [2.24, 2.45) is 0 Å². The Hall–Kier alpha value is -2.33. The fraction of sp³-hybridized carbons (Fsp3) is 0.118. The Labute approximate surface area is 133 Å². The second kappa shape index (κ2) is 7.09. The molecule has 1 atom stereocenters. The van der Waals surface area contributed by atoms with E-state index in [1.165, 1.54) is 19.2 Å². The van der Waals surface area contributed by atoms with Gasteiger partial charge in [-0.3, -0.25) is 0 Å². The highest BCUT2D eigenvalue weighted by atomic mass is 35.5. The minimum atomic E-state index is -0.519. The third-order valence-electron chi connectivity index (χ3n) is 3.15. The van der Waals surface area contributed by atoms with Gasteiger partial charge in [0.1, 0.15) is 5.82 Å². The summed E-state index contributed by atoms with van der Waals surface area (Å²) >= 11 is 5.89. The normalized spacial score (nSPS) is 11.6. The first kappa shape index (κ1) is 16.0. The number of esters is 1. The molecule has 0 saturated heterocycles. The number of hydrogen-bond acceptors (Lipinski definition) is 3. The predicted octanol–water partition coefficient (Wildman–Crippen LogP) is 4.36. The predicted molar refractivity (Wildman–Crippen MR) is 85.4 cm³/mol. The fourth-order valence-corrected chi connectivity index (χ4v) is 2.11. The third kappa shape index (κ3) is 3.86. The monoisotopic (exact) mass is 319 g/mol. The zero-order valence-electron chi connectivity index (χ0n) is 12.0. The SMILES string of the molecule is C=C(C(=O)OC)C(Nc1ccc(F)cc1)c1ccc(Cl)cc1. The van der Waals surface area contributed by atoms with E-state index >= 15 is 0 Å². The smallest absolute Gasteiger partial charge is 0.335 e. The highest BCUT2D eigenvalue weighted by Gasteiger charge is 2.21. The highest BCUT2D eigenvalue weighted by Crippen LogP contribution is 2.27. The average Bonchev–Trinajstić information content (AvgIpc) is 2.54. The lowest BCUT2D eigenvalue weighted by Gasteiger charge is -2.21. The van der Waals surface area contributed by atoms with Gasteiger partial charge in [0.15, 0.2) is 0 Å². The molecule has 0 spiro atoms. The van der Waals surface area contributed by atoms with Crippen LogP contribution in [0.15, 0.2) is 60.7 Å². The van der Waals surface area contributed by atoms with Crippen LogP contribution < -0.4 is 5.32 Å². The zero-order valence-corrected chi connectivity index (χ0v) is 12.7. The van der Waals surface area contributed by atoms with Crippen molar-refractivity contribution >= 4 is 23.3 Å². The first-order chi connectivity index (χ1) is 10.5. The van der Waals surface area contributed by atoms with Gasteiger partial charge in [-0.2, -0.15) is 0 Å². The molecule has 0 aromatic heterocycles. The molecule has 1 N–H and O–H groups in total. The van der Waals surface area contributed by atoms with Crippen LogP contribution in [0.5, 0.6) is 0 Å². The molecule has 0 saturated carbocycles. The van der Waals surface area contributed by atoms with E-state index in [4.69, 9.17) is 16.3 Å². The van der Waals surface area contributed by atoms with E-state index in [1.807, 2.05) is 0 Å². The lowest BCUT2D eigenvalue weighted by molar-refractivity contribution is -0.136. The molecule has 0 fully saturated rings. The van der Waals surface area contributed by atoms with Gasteiger partial charge in [-0.05, 0) is 42.0 Å². The lowest BCUT2D eigenvalue weighted by atomic mass is 9.99.